The quantitative estimate of drug-likeness (QED) is 0.664. The van der Waals surface area contributed by atoms with Crippen molar-refractivity contribution in [3.05, 3.63) is 66.1 Å². The fourth-order valence-electron chi connectivity index (χ4n) is 3.20. The van der Waals surface area contributed by atoms with E-state index in [1.165, 1.54) is 12.1 Å². The highest BCUT2D eigenvalue weighted by Gasteiger charge is 2.35. The maximum absolute atomic E-state index is 12.5. The van der Waals surface area contributed by atoms with Crippen LogP contribution in [0.4, 0.5) is 11.7 Å². The van der Waals surface area contributed by atoms with Crippen LogP contribution in [0.3, 0.4) is 0 Å². The lowest BCUT2D eigenvalue weighted by Crippen LogP contribution is -2.24. The number of nitrogens with zero attached hydrogens (tertiary/aromatic N) is 3. The summed E-state index contributed by atoms with van der Waals surface area (Å²) in [5.74, 6) is -0.593. The summed E-state index contributed by atoms with van der Waals surface area (Å²) in [6.07, 6.45) is 1.30. The highest BCUT2D eigenvalue weighted by Crippen LogP contribution is 2.32. The van der Waals surface area contributed by atoms with Gasteiger partial charge in [-0.2, -0.15) is 0 Å². The lowest BCUT2D eigenvalue weighted by Gasteiger charge is -2.16. The highest BCUT2D eigenvalue weighted by atomic mass is 32.2. The van der Waals surface area contributed by atoms with Crippen molar-refractivity contribution in [2.24, 2.45) is 0 Å². The molecule has 9 nitrogen and oxygen atoms in total. The summed E-state index contributed by atoms with van der Waals surface area (Å²) in [5, 5.41) is 10.3. The number of anilines is 2. The van der Waals surface area contributed by atoms with Gasteiger partial charge in [0.05, 0.1) is 10.8 Å². The van der Waals surface area contributed by atoms with Crippen LogP contribution in [0.2, 0.25) is 0 Å². The largest absolute Gasteiger partial charge is 0.407 e. The molecule has 2 aromatic carbocycles. The summed E-state index contributed by atoms with van der Waals surface area (Å²) in [5.41, 5.74) is 1.05. The van der Waals surface area contributed by atoms with E-state index >= 15 is 0 Å². The van der Waals surface area contributed by atoms with Gasteiger partial charge in [-0.05, 0) is 36.4 Å². The second kappa shape index (κ2) is 7.71. The maximum Gasteiger partial charge on any atom is 0.322 e. The molecule has 1 unspecified atom stereocenters. The van der Waals surface area contributed by atoms with Gasteiger partial charge in [0, 0.05) is 30.5 Å². The second-order valence-electron chi connectivity index (χ2n) is 6.94. The molecule has 0 saturated carbocycles. The molecule has 0 bridgehead atoms. The first-order valence-electron chi connectivity index (χ1n) is 9.11. The van der Waals surface area contributed by atoms with Crippen LogP contribution in [-0.4, -0.2) is 43.2 Å². The first-order chi connectivity index (χ1) is 14.3. The number of carbonyl (C=O) groups excluding carboxylic acids is 2. The topological polar surface area (TPSA) is 122 Å². The van der Waals surface area contributed by atoms with E-state index in [1.54, 1.807) is 47.4 Å². The minimum absolute atomic E-state index is 0.0396. The summed E-state index contributed by atoms with van der Waals surface area (Å²) in [6, 6.07) is 14.7. The fourth-order valence-corrected chi connectivity index (χ4v) is 3.84. The van der Waals surface area contributed by atoms with Crippen LogP contribution < -0.4 is 10.2 Å². The molecule has 1 aromatic heterocycles. The molecule has 30 heavy (non-hydrogen) atoms. The van der Waals surface area contributed by atoms with Gasteiger partial charge in [-0.15, -0.1) is 5.10 Å². The van der Waals surface area contributed by atoms with Gasteiger partial charge in [0.1, 0.15) is 0 Å². The number of rotatable bonds is 5. The molecule has 2 amide bonds. The van der Waals surface area contributed by atoms with Crippen molar-refractivity contribution >= 4 is 33.4 Å². The first kappa shape index (κ1) is 19.8. The zero-order valence-electron chi connectivity index (χ0n) is 16.0. The number of benzene rings is 2. The van der Waals surface area contributed by atoms with Gasteiger partial charge in [-0.3, -0.25) is 14.9 Å². The molecule has 1 saturated heterocycles. The van der Waals surface area contributed by atoms with Gasteiger partial charge in [0.2, 0.25) is 11.8 Å². The summed E-state index contributed by atoms with van der Waals surface area (Å²) in [7, 11) is -3.31. The molecule has 1 aliphatic heterocycles. The highest BCUT2D eigenvalue weighted by molar-refractivity contribution is 7.90. The molecule has 10 heteroatoms. The third-order valence-corrected chi connectivity index (χ3v) is 5.88. The number of carbonyl (C=O) groups is 2. The average Bonchev–Trinajstić information content (AvgIpc) is 3.34. The van der Waals surface area contributed by atoms with E-state index in [0.29, 0.717) is 17.8 Å². The van der Waals surface area contributed by atoms with Crippen LogP contribution in [0.25, 0.3) is 0 Å². The predicted octanol–water partition coefficient (Wildman–Crippen LogP) is 2.25. The first-order valence-corrected chi connectivity index (χ1v) is 11.0. The lowest BCUT2D eigenvalue weighted by molar-refractivity contribution is -0.117. The number of amides is 2. The van der Waals surface area contributed by atoms with E-state index in [1.807, 2.05) is 0 Å². The SMILES string of the molecule is CS(=O)(=O)c1ccc(N2CC(c3nnc(NC(=O)c4ccccc4)o3)CC2=O)cc1. The van der Waals surface area contributed by atoms with Gasteiger partial charge in [0.25, 0.3) is 5.91 Å². The molecular formula is C20H18N4O5S. The standard InChI is InChI=1S/C20H18N4O5S/c1-30(27,28)16-9-7-15(8-10-16)24-12-14(11-17(24)25)19-22-23-20(29-19)21-18(26)13-5-3-2-4-6-13/h2-10,14H,11-12H2,1H3,(H,21,23,26). The van der Waals surface area contributed by atoms with Crippen molar-refractivity contribution in [3.63, 3.8) is 0 Å². The van der Waals surface area contributed by atoms with E-state index in [2.05, 4.69) is 15.5 Å². The minimum Gasteiger partial charge on any atom is -0.407 e. The predicted molar refractivity (Wildman–Crippen MR) is 108 cm³/mol. The third kappa shape index (κ3) is 4.08. The Kier molecular flexibility index (Phi) is 5.08. The van der Waals surface area contributed by atoms with Crippen LogP contribution in [0.15, 0.2) is 63.9 Å². The van der Waals surface area contributed by atoms with Crippen molar-refractivity contribution < 1.29 is 22.4 Å². The fraction of sp³-hybridized carbons (Fsp3) is 0.200. The molecular weight excluding hydrogens is 408 g/mol. The lowest BCUT2D eigenvalue weighted by atomic mass is 10.1. The van der Waals surface area contributed by atoms with E-state index in [4.69, 9.17) is 4.42 Å². The van der Waals surface area contributed by atoms with Crippen LogP contribution in [0.5, 0.6) is 0 Å². The van der Waals surface area contributed by atoms with E-state index in [0.717, 1.165) is 6.26 Å². The molecule has 1 aliphatic rings. The van der Waals surface area contributed by atoms with Gasteiger partial charge >= 0.3 is 6.01 Å². The number of aromatic nitrogens is 2. The Labute approximate surface area is 172 Å². The average molecular weight is 426 g/mol. The van der Waals surface area contributed by atoms with E-state index in [9.17, 15) is 18.0 Å². The molecule has 0 radical (unpaired) electrons. The molecule has 0 spiro atoms. The zero-order valence-corrected chi connectivity index (χ0v) is 16.8. The van der Waals surface area contributed by atoms with Gasteiger partial charge in [-0.1, -0.05) is 23.3 Å². The van der Waals surface area contributed by atoms with Gasteiger partial charge in [0.15, 0.2) is 9.84 Å². The smallest absolute Gasteiger partial charge is 0.322 e. The molecule has 154 valence electrons. The molecule has 4 rings (SSSR count). The summed E-state index contributed by atoms with van der Waals surface area (Å²) < 4.78 is 28.7. The van der Waals surface area contributed by atoms with E-state index in [-0.39, 0.29) is 41.0 Å². The Bertz CT molecular complexity index is 1190. The monoisotopic (exact) mass is 426 g/mol. The molecule has 1 fully saturated rings. The third-order valence-electron chi connectivity index (χ3n) is 4.75. The Hall–Kier alpha value is -3.53. The van der Waals surface area contributed by atoms with Crippen molar-refractivity contribution in [2.45, 2.75) is 17.2 Å². The molecule has 2 heterocycles. The second-order valence-corrected chi connectivity index (χ2v) is 8.95. The maximum atomic E-state index is 12.5. The molecule has 3 aromatic rings. The number of nitrogens with one attached hydrogen (secondary N) is 1. The molecule has 0 aliphatic carbocycles. The Balaban J connectivity index is 1.45. The summed E-state index contributed by atoms with van der Waals surface area (Å²) in [4.78, 5) is 26.4. The Morgan fingerprint density at radius 2 is 1.80 bits per heavy atom. The normalized spacial score (nSPS) is 16.6. The Morgan fingerprint density at radius 1 is 1.10 bits per heavy atom. The van der Waals surface area contributed by atoms with Crippen molar-refractivity contribution in [3.8, 4) is 0 Å². The molecule has 1 N–H and O–H groups in total. The minimum atomic E-state index is -3.31. The van der Waals surface area contributed by atoms with Crippen molar-refractivity contribution in [1.82, 2.24) is 10.2 Å². The van der Waals surface area contributed by atoms with Crippen LogP contribution >= 0.6 is 0 Å². The number of sulfone groups is 1. The van der Waals surface area contributed by atoms with E-state index < -0.39 is 9.84 Å². The van der Waals surface area contributed by atoms with Crippen molar-refractivity contribution in [1.29, 1.82) is 0 Å². The number of hydrogen-bond donors (Lipinski definition) is 1. The van der Waals surface area contributed by atoms with Crippen molar-refractivity contribution in [2.75, 3.05) is 23.0 Å². The molecule has 1 atom stereocenters. The van der Waals surface area contributed by atoms with Crippen LogP contribution in [0, 0.1) is 0 Å². The zero-order chi connectivity index (χ0) is 21.3. The van der Waals surface area contributed by atoms with Crippen LogP contribution in [-0.2, 0) is 14.6 Å². The van der Waals surface area contributed by atoms with Crippen LogP contribution in [0.1, 0.15) is 28.6 Å². The number of hydrogen-bond acceptors (Lipinski definition) is 7. The van der Waals surface area contributed by atoms with Gasteiger partial charge < -0.3 is 9.32 Å². The summed E-state index contributed by atoms with van der Waals surface area (Å²) in [6.45, 7) is 0.311. The van der Waals surface area contributed by atoms with Gasteiger partial charge in [-0.25, -0.2) is 8.42 Å². The summed E-state index contributed by atoms with van der Waals surface area (Å²) >= 11 is 0. The Morgan fingerprint density at radius 3 is 2.47 bits per heavy atom.